The molecule has 0 spiro atoms. The molecule has 0 aromatic carbocycles. The fourth-order valence-corrected chi connectivity index (χ4v) is 9.53. The van der Waals surface area contributed by atoms with E-state index in [0.717, 1.165) is 116 Å². The van der Waals surface area contributed by atoms with Gasteiger partial charge in [0, 0.05) is 19.3 Å². The molecule has 0 heterocycles. The van der Waals surface area contributed by atoms with Crippen LogP contribution in [0.5, 0.6) is 0 Å². The molecule has 1 unspecified atom stereocenters. The summed E-state index contributed by atoms with van der Waals surface area (Å²) < 4.78 is 16.9. The van der Waals surface area contributed by atoms with E-state index in [1.807, 2.05) is 0 Å². The van der Waals surface area contributed by atoms with Gasteiger partial charge in [0.25, 0.3) is 0 Å². The molecule has 0 rings (SSSR count). The average Bonchev–Trinajstić information content (AvgIpc) is 3.42. The Hall–Kier alpha value is -3.15. The molecule has 0 bridgehead atoms. The third kappa shape index (κ3) is 61.7. The van der Waals surface area contributed by atoms with Crippen LogP contribution < -0.4 is 0 Å². The lowest BCUT2D eigenvalue weighted by Crippen LogP contribution is -2.30. The molecule has 440 valence electrons. The maximum Gasteiger partial charge on any atom is 0.306 e. The molecule has 0 radical (unpaired) electrons. The first-order valence-corrected chi connectivity index (χ1v) is 32.9. The Bertz CT molecular complexity index is 1400. The molecule has 0 N–H and O–H groups in total. The number of carbonyl (C=O) groups is 3. The molecule has 0 aliphatic rings. The standard InChI is InChI=1S/C70H124O6/c1-4-7-10-13-16-19-22-25-28-30-31-32-33-34-35-36-37-38-40-42-45-48-51-54-57-60-63-69(72)75-66-67(65-74-68(71)62-59-56-53-50-47-44-41-27-24-21-18-15-12-9-6-3)76-70(73)64-61-58-55-52-49-46-43-39-29-26-23-20-17-14-11-8-5-2/h8,11,17-18,20-21,26-27,29,41,43,46,67H,4-7,9-10,12-16,19,22-25,28,30-40,42,44-45,47-66H2,1-3H3/b11-8-,20-17-,21-18-,29-26-,41-27-,46-43-. The van der Waals surface area contributed by atoms with E-state index in [4.69, 9.17) is 14.2 Å². The average molecular weight is 1060 g/mol. The maximum absolute atomic E-state index is 12.9. The van der Waals surface area contributed by atoms with Crippen LogP contribution >= 0.6 is 0 Å². The van der Waals surface area contributed by atoms with Crippen LogP contribution in [0.25, 0.3) is 0 Å². The molecule has 0 saturated heterocycles. The number of unbranched alkanes of at least 4 members (excludes halogenated alkanes) is 37. The van der Waals surface area contributed by atoms with Crippen LogP contribution in [0.3, 0.4) is 0 Å². The van der Waals surface area contributed by atoms with Crippen molar-refractivity contribution in [1.29, 1.82) is 0 Å². The highest BCUT2D eigenvalue weighted by atomic mass is 16.6. The molecule has 1 atom stereocenters. The molecular formula is C70H124O6. The zero-order chi connectivity index (χ0) is 55.0. The predicted molar refractivity (Wildman–Crippen MR) is 330 cm³/mol. The van der Waals surface area contributed by atoms with Gasteiger partial charge in [0.05, 0.1) is 0 Å². The van der Waals surface area contributed by atoms with Crippen LogP contribution in [0.15, 0.2) is 72.9 Å². The van der Waals surface area contributed by atoms with E-state index in [0.29, 0.717) is 19.3 Å². The van der Waals surface area contributed by atoms with Crippen molar-refractivity contribution in [3.8, 4) is 0 Å². The van der Waals surface area contributed by atoms with E-state index in [9.17, 15) is 14.4 Å². The molecule has 0 saturated carbocycles. The van der Waals surface area contributed by atoms with E-state index < -0.39 is 6.10 Å². The molecule has 0 aliphatic carbocycles. The van der Waals surface area contributed by atoms with Crippen LogP contribution in [0.2, 0.25) is 0 Å². The summed E-state index contributed by atoms with van der Waals surface area (Å²) in [6.45, 7) is 6.51. The number of allylic oxidation sites excluding steroid dienone is 12. The predicted octanol–water partition coefficient (Wildman–Crippen LogP) is 22.5. The highest BCUT2D eigenvalue weighted by molar-refractivity contribution is 5.71. The van der Waals surface area contributed by atoms with Crippen molar-refractivity contribution in [3.63, 3.8) is 0 Å². The topological polar surface area (TPSA) is 78.9 Å². The number of hydrogen-bond donors (Lipinski definition) is 0. The summed E-state index contributed by atoms with van der Waals surface area (Å²) in [6, 6.07) is 0. The second-order valence-corrected chi connectivity index (χ2v) is 22.0. The number of hydrogen-bond acceptors (Lipinski definition) is 6. The second kappa shape index (κ2) is 64.4. The fourth-order valence-electron chi connectivity index (χ4n) is 9.53. The number of ether oxygens (including phenoxy) is 3. The van der Waals surface area contributed by atoms with Crippen LogP contribution in [0.4, 0.5) is 0 Å². The first-order valence-electron chi connectivity index (χ1n) is 32.9. The van der Waals surface area contributed by atoms with E-state index >= 15 is 0 Å². The molecule has 0 amide bonds. The zero-order valence-electron chi connectivity index (χ0n) is 50.5. The summed E-state index contributed by atoms with van der Waals surface area (Å²) in [6.07, 6.45) is 83.5. The summed E-state index contributed by atoms with van der Waals surface area (Å²) in [4.78, 5) is 38.3. The summed E-state index contributed by atoms with van der Waals surface area (Å²) in [5.74, 6) is -0.910. The van der Waals surface area contributed by atoms with Gasteiger partial charge in [0.2, 0.25) is 0 Å². The van der Waals surface area contributed by atoms with E-state index in [-0.39, 0.29) is 31.1 Å². The normalized spacial score (nSPS) is 12.5. The Morgan fingerprint density at radius 2 is 0.513 bits per heavy atom. The molecule has 0 aliphatic heterocycles. The molecule has 6 nitrogen and oxygen atoms in total. The van der Waals surface area contributed by atoms with Crippen molar-refractivity contribution in [2.75, 3.05) is 13.2 Å². The van der Waals surface area contributed by atoms with E-state index in [1.54, 1.807) is 0 Å². The Morgan fingerprint density at radius 3 is 0.829 bits per heavy atom. The first-order chi connectivity index (χ1) is 37.5. The van der Waals surface area contributed by atoms with Crippen LogP contribution in [0.1, 0.15) is 335 Å². The summed E-state index contributed by atoms with van der Waals surface area (Å²) >= 11 is 0. The van der Waals surface area contributed by atoms with Gasteiger partial charge in [0.1, 0.15) is 13.2 Å². The van der Waals surface area contributed by atoms with E-state index in [2.05, 4.69) is 93.7 Å². The van der Waals surface area contributed by atoms with Gasteiger partial charge >= 0.3 is 17.9 Å². The van der Waals surface area contributed by atoms with Crippen molar-refractivity contribution < 1.29 is 28.6 Å². The van der Waals surface area contributed by atoms with Gasteiger partial charge in [0.15, 0.2) is 6.10 Å². The lowest BCUT2D eigenvalue weighted by molar-refractivity contribution is -0.167. The quantitative estimate of drug-likeness (QED) is 0.0261. The lowest BCUT2D eigenvalue weighted by atomic mass is 10.0. The van der Waals surface area contributed by atoms with E-state index in [1.165, 1.54) is 180 Å². The fraction of sp³-hybridized carbons (Fsp3) is 0.786. The molecular weight excluding hydrogens is 937 g/mol. The van der Waals surface area contributed by atoms with Gasteiger partial charge in [-0.25, -0.2) is 0 Å². The second-order valence-electron chi connectivity index (χ2n) is 22.0. The molecule has 6 heteroatoms. The Kier molecular flexibility index (Phi) is 61.7. The molecule has 76 heavy (non-hydrogen) atoms. The van der Waals surface area contributed by atoms with Gasteiger partial charge in [-0.1, -0.05) is 299 Å². The summed E-state index contributed by atoms with van der Waals surface area (Å²) in [5.41, 5.74) is 0. The van der Waals surface area contributed by atoms with Crippen molar-refractivity contribution >= 4 is 17.9 Å². The zero-order valence-corrected chi connectivity index (χ0v) is 50.5. The van der Waals surface area contributed by atoms with Gasteiger partial charge < -0.3 is 14.2 Å². The van der Waals surface area contributed by atoms with Gasteiger partial charge in [-0.05, 0) is 89.9 Å². The molecule has 0 aromatic heterocycles. The smallest absolute Gasteiger partial charge is 0.306 e. The number of carbonyl (C=O) groups excluding carboxylic acids is 3. The van der Waals surface area contributed by atoms with Gasteiger partial charge in [-0.2, -0.15) is 0 Å². The van der Waals surface area contributed by atoms with Crippen LogP contribution in [-0.2, 0) is 28.6 Å². The highest BCUT2D eigenvalue weighted by Crippen LogP contribution is 2.17. The highest BCUT2D eigenvalue weighted by Gasteiger charge is 2.19. The molecule has 0 fully saturated rings. The third-order valence-corrected chi connectivity index (χ3v) is 14.4. The SMILES string of the molecule is CC/C=C\C/C=C\C/C=C\C/C=C\CCCCCCC(=O)OC(COC(=O)CCCCCCC/C=C\C/C=C\CCCCC)COC(=O)CCCCCCCCCCCCCCCCCCCCCCCCCCCC. The monoisotopic (exact) mass is 1060 g/mol. The summed E-state index contributed by atoms with van der Waals surface area (Å²) in [5, 5.41) is 0. The van der Waals surface area contributed by atoms with Crippen molar-refractivity contribution in [2.45, 2.75) is 341 Å². The number of esters is 3. The minimum absolute atomic E-state index is 0.0874. The van der Waals surface area contributed by atoms with Crippen LogP contribution in [0, 0.1) is 0 Å². The molecule has 0 aromatic rings. The third-order valence-electron chi connectivity index (χ3n) is 14.4. The minimum Gasteiger partial charge on any atom is -0.462 e. The summed E-state index contributed by atoms with van der Waals surface area (Å²) in [7, 11) is 0. The Morgan fingerprint density at radius 1 is 0.276 bits per heavy atom. The maximum atomic E-state index is 12.9. The van der Waals surface area contributed by atoms with Crippen molar-refractivity contribution in [1.82, 2.24) is 0 Å². The van der Waals surface area contributed by atoms with Crippen molar-refractivity contribution in [3.05, 3.63) is 72.9 Å². The number of rotatable bonds is 60. The Labute approximate surface area is 472 Å². The lowest BCUT2D eigenvalue weighted by Gasteiger charge is -2.18. The van der Waals surface area contributed by atoms with Crippen LogP contribution in [-0.4, -0.2) is 37.2 Å². The largest absolute Gasteiger partial charge is 0.462 e. The Balaban J connectivity index is 4.30. The van der Waals surface area contributed by atoms with Crippen molar-refractivity contribution in [2.24, 2.45) is 0 Å². The minimum atomic E-state index is -0.794. The first kappa shape index (κ1) is 72.8. The van der Waals surface area contributed by atoms with Gasteiger partial charge in [-0.3, -0.25) is 14.4 Å². The van der Waals surface area contributed by atoms with Gasteiger partial charge in [-0.15, -0.1) is 0 Å².